The molecule has 164 valence electrons. The Kier molecular flexibility index (Phi) is 5.15. The number of imide groups is 1. The first-order valence-electron chi connectivity index (χ1n) is 10.7. The summed E-state index contributed by atoms with van der Waals surface area (Å²) in [5, 5.41) is 13.4. The van der Waals surface area contributed by atoms with Crippen molar-refractivity contribution < 1.29 is 14.4 Å². The van der Waals surface area contributed by atoms with Crippen molar-refractivity contribution in [3.63, 3.8) is 0 Å². The Morgan fingerprint density at radius 3 is 2.64 bits per heavy atom. The number of nitrogens with one attached hydrogen (secondary N) is 2. The molecule has 33 heavy (non-hydrogen) atoms. The maximum atomic E-state index is 13.1. The van der Waals surface area contributed by atoms with E-state index in [1.165, 1.54) is 0 Å². The predicted octanol–water partition coefficient (Wildman–Crippen LogP) is 3.38. The first-order chi connectivity index (χ1) is 16.1. The van der Waals surface area contributed by atoms with Crippen LogP contribution in [0.5, 0.6) is 0 Å². The van der Waals surface area contributed by atoms with Crippen LogP contribution in [0.2, 0.25) is 0 Å². The minimum Gasteiger partial charge on any atom is -0.361 e. The Labute approximate surface area is 189 Å². The van der Waals surface area contributed by atoms with Crippen molar-refractivity contribution in [2.75, 3.05) is 6.54 Å². The predicted molar refractivity (Wildman–Crippen MR) is 123 cm³/mol. The summed E-state index contributed by atoms with van der Waals surface area (Å²) in [4.78, 5) is 42.8. The number of fused-ring (bicyclic) bond motifs is 2. The van der Waals surface area contributed by atoms with Crippen molar-refractivity contribution in [2.24, 2.45) is 0 Å². The van der Waals surface area contributed by atoms with E-state index in [9.17, 15) is 14.4 Å². The molecular formula is C25H21N5O3. The van der Waals surface area contributed by atoms with Crippen LogP contribution in [-0.4, -0.2) is 44.8 Å². The summed E-state index contributed by atoms with van der Waals surface area (Å²) in [7, 11) is 0. The highest BCUT2D eigenvalue weighted by molar-refractivity contribution is 6.13. The summed E-state index contributed by atoms with van der Waals surface area (Å²) >= 11 is 0. The van der Waals surface area contributed by atoms with Gasteiger partial charge in [0.15, 0.2) is 5.78 Å². The van der Waals surface area contributed by atoms with Gasteiger partial charge in [0.05, 0.1) is 19.0 Å². The van der Waals surface area contributed by atoms with Gasteiger partial charge in [-0.15, -0.1) is 0 Å². The van der Waals surface area contributed by atoms with Crippen LogP contribution in [0.4, 0.5) is 4.79 Å². The topological polar surface area (TPSA) is 111 Å². The van der Waals surface area contributed by atoms with E-state index in [0.717, 1.165) is 32.3 Å². The van der Waals surface area contributed by atoms with Crippen LogP contribution in [0.1, 0.15) is 22.3 Å². The lowest BCUT2D eigenvalue weighted by Gasteiger charge is -2.12. The van der Waals surface area contributed by atoms with Gasteiger partial charge in [-0.25, -0.2) is 4.79 Å². The number of ketones is 1. The summed E-state index contributed by atoms with van der Waals surface area (Å²) in [5.74, 6) is -0.731. The van der Waals surface area contributed by atoms with E-state index in [1.54, 1.807) is 6.20 Å². The zero-order valence-electron chi connectivity index (χ0n) is 17.7. The SMILES string of the molecule is N#CCCn1cc(C(=O)CN2C(=O)N[C@H](Cc3c[nH]c4ccccc34)C2=O)c2ccccc21. The van der Waals surface area contributed by atoms with Gasteiger partial charge in [-0.2, -0.15) is 5.26 Å². The van der Waals surface area contributed by atoms with Crippen LogP contribution >= 0.6 is 0 Å². The number of aryl methyl sites for hydroxylation is 1. The largest absolute Gasteiger partial charge is 0.361 e. The molecule has 1 aliphatic heterocycles. The van der Waals surface area contributed by atoms with E-state index in [2.05, 4.69) is 16.4 Å². The summed E-state index contributed by atoms with van der Waals surface area (Å²) in [6, 6.07) is 16.0. The van der Waals surface area contributed by atoms with Crippen molar-refractivity contribution >= 4 is 39.5 Å². The molecular weight excluding hydrogens is 418 g/mol. The molecule has 3 amide bonds. The molecule has 3 heterocycles. The number of H-pyrrole nitrogens is 1. The molecule has 8 nitrogen and oxygen atoms in total. The first-order valence-corrected chi connectivity index (χ1v) is 10.7. The highest BCUT2D eigenvalue weighted by Gasteiger charge is 2.39. The quantitative estimate of drug-likeness (QED) is 0.340. The number of benzene rings is 2. The number of amides is 3. The lowest BCUT2D eigenvalue weighted by molar-refractivity contribution is -0.127. The van der Waals surface area contributed by atoms with E-state index in [4.69, 9.17) is 5.26 Å². The van der Waals surface area contributed by atoms with Gasteiger partial charge in [-0.1, -0.05) is 36.4 Å². The van der Waals surface area contributed by atoms with E-state index in [0.29, 0.717) is 24.9 Å². The Hall–Kier alpha value is -4.38. The molecule has 4 aromatic rings. The number of aromatic nitrogens is 2. The normalized spacial score (nSPS) is 15.8. The number of para-hydroxylation sites is 2. The number of carbonyl (C=O) groups excluding carboxylic acids is 3. The number of Topliss-reactive ketones (excluding diaryl/α,β-unsaturated/α-hetero) is 1. The number of hydrogen-bond acceptors (Lipinski definition) is 4. The van der Waals surface area contributed by atoms with Gasteiger partial charge in [0.25, 0.3) is 5.91 Å². The summed E-state index contributed by atoms with van der Waals surface area (Å²) in [5.41, 5.74) is 3.16. The maximum absolute atomic E-state index is 13.1. The van der Waals surface area contributed by atoms with E-state index < -0.39 is 18.0 Å². The number of nitrogens with zero attached hydrogens (tertiary/aromatic N) is 3. The molecule has 1 fully saturated rings. The highest BCUT2D eigenvalue weighted by atomic mass is 16.2. The zero-order valence-corrected chi connectivity index (χ0v) is 17.7. The van der Waals surface area contributed by atoms with Crippen LogP contribution in [-0.2, 0) is 17.8 Å². The fraction of sp³-hybridized carbons (Fsp3) is 0.200. The van der Waals surface area contributed by atoms with E-state index in [-0.39, 0.29) is 12.3 Å². The second kappa shape index (κ2) is 8.28. The molecule has 0 bridgehead atoms. The number of aromatic amines is 1. The Balaban J connectivity index is 1.35. The maximum Gasteiger partial charge on any atom is 0.325 e. The fourth-order valence-electron chi connectivity index (χ4n) is 4.44. The van der Waals surface area contributed by atoms with Crippen LogP contribution in [0, 0.1) is 11.3 Å². The third-order valence-electron chi connectivity index (χ3n) is 6.06. The average Bonchev–Trinajstić information content (AvgIpc) is 3.48. The van der Waals surface area contributed by atoms with Crippen LogP contribution in [0.3, 0.4) is 0 Å². The smallest absolute Gasteiger partial charge is 0.325 e. The van der Waals surface area contributed by atoms with Crippen LogP contribution < -0.4 is 5.32 Å². The number of rotatable bonds is 7. The zero-order chi connectivity index (χ0) is 22.9. The molecule has 8 heteroatoms. The highest BCUT2D eigenvalue weighted by Crippen LogP contribution is 2.24. The average molecular weight is 439 g/mol. The van der Waals surface area contributed by atoms with Crippen molar-refractivity contribution in [1.29, 1.82) is 5.26 Å². The van der Waals surface area contributed by atoms with E-state index >= 15 is 0 Å². The van der Waals surface area contributed by atoms with Gasteiger partial charge in [0.1, 0.15) is 6.04 Å². The molecule has 5 rings (SSSR count). The molecule has 0 saturated carbocycles. The second-order valence-electron chi connectivity index (χ2n) is 8.07. The van der Waals surface area contributed by atoms with Crippen LogP contribution in [0.25, 0.3) is 21.8 Å². The van der Waals surface area contributed by atoms with Crippen LogP contribution in [0.15, 0.2) is 60.9 Å². The molecule has 1 atom stereocenters. The van der Waals surface area contributed by atoms with Crippen molar-refractivity contribution in [3.05, 3.63) is 72.1 Å². The lowest BCUT2D eigenvalue weighted by atomic mass is 10.0. The molecule has 0 aliphatic carbocycles. The number of hydrogen-bond donors (Lipinski definition) is 2. The molecule has 0 spiro atoms. The Morgan fingerprint density at radius 2 is 1.82 bits per heavy atom. The molecule has 2 N–H and O–H groups in total. The van der Waals surface area contributed by atoms with Gasteiger partial charge in [0.2, 0.25) is 0 Å². The third-order valence-corrected chi connectivity index (χ3v) is 6.06. The Morgan fingerprint density at radius 1 is 1.06 bits per heavy atom. The third kappa shape index (κ3) is 3.64. The Bertz CT molecular complexity index is 1440. The minimum absolute atomic E-state index is 0.314. The monoisotopic (exact) mass is 439 g/mol. The molecule has 1 saturated heterocycles. The van der Waals surface area contributed by atoms with Gasteiger partial charge >= 0.3 is 6.03 Å². The molecule has 0 radical (unpaired) electrons. The van der Waals surface area contributed by atoms with E-state index in [1.807, 2.05) is 59.3 Å². The van der Waals surface area contributed by atoms with Crippen molar-refractivity contribution in [2.45, 2.75) is 25.4 Å². The standard InChI is InChI=1S/C25H21N5O3/c26-10-5-11-29-14-19(18-7-2-4-9-22(18)29)23(31)15-30-24(32)21(28-25(30)33)12-16-13-27-20-8-3-1-6-17(16)20/h1-4,6-9,13-14,21,27H,5,11-12,15H2,(H,28,33)/t21-/m1/s1. The van der Waals surface area contributed by atoms with Gasteiger partial charge < -0.3 is 14.9 Å². The van der Waals surface area contributed by atoms with Gasteiger partial charge in [0, 0.05) is 52.7 Å². The molecule has 0 unspecified atom stereocenters. The van der Waals surface area contributed by atoms with Crippen molar-refractivity contribution in [1.82, 2.24) is 19.8 Å². The summed E-state index contributed by atoms with van der Waals surface area (Å²) in [6.45, 7) is 0.126. The number of nitriles is 1. The first kappa shape index (κ1) is 20.5. The summed E-state index contributed by atoms with van der Waals surface area (Å²) < 4.78 is 1.86. The number of carbonyl (C=O) groups is 3. The minimum atomic E-state index is -0.721. The molecule has 1 aliphatic rings. The van der Waals surface area contributed by atoms with Gasteiger partial charge in [-0.3, -0.25) is 14.5 Å². The number of urea groups is 1. The molecule has 2 aromatic heterocycles. The lowest BCUT2D eigenvalue weighted by Crippen LogP contribution is -2.36. The second-order valence-corrected chi connectivity index (χ2v) is 8.07. The van der Waals surface area contributed by atoms with Crippen molar-refractivity contribution in [3.8, 4) is 6.07 Å². The summed E-state index contributed by atoms with van der Waals surface area (Å²) in [6.07, 6.45) is 4.20. The fourth-order valence-corrected chi connectivity index (χ4v) is 4.44. The molecule has 2 aromatic carbocycles. The van der Waals surface area contributed by atoms with Gasteiger partial charge in [-0.05, 0) is 17.7 Å².